The fourth-order valence-corrected chi connectivity index (χ4v) is 3.23. The van der Waals surface area contributed by atoms with E-state index in [1.807, 2.05) is 30.3 Å². The number of hydrogen-bond donors (Lipinski definition) is 1. The number of aromatic nitrogens is 4. The molecule has 23 heavy (non-hydrogen) atoms. The Bertz CT molecular complexity index is 1010. The smallest absolute Gasteiger partial charge is 0.266 e. The van der Waals surface area contributed by atoms with Crippen LogP contribution in [0.2, 0.25) is 0 Å². The van der Waals surface area contributed by atoms with E-state index in [0.717, 1.165) is 23.5 Å². The van der Waals surface area contributed by atoms with Gasteiger partial charge in [0.05, 0.1) is 0 Å². The van der Waals surface area contributed by atoms with Crippen LogP contribution in [0.1, 0.15) is 11.1 Å². The van der Waals surface area contributed by atoms with Crippen molar-refractivity contribution in [2.24, 2.45) is 0 Å². The van der Waals surface area contributed by atoms with Gasteiger partial charge in [0.1, 0.15) is 15.9 Å². The minimum absolute atomic E-state index is 0.251. The van der Waals surface area contributed by atoms with Gasteiger partial charge in [-0.1, -0.05) is 59.8 Å². The average molecular weight is 320 g/mol. The van der Waals surface area contributed by atoms with Crippen LogP contribution < -0.4 is 5.56 Å². The number of hydrogen-bond acceptors (Lipinski definition) is 5. The molecule has 2 aromatic heterocycles. The molecule has 0 aliphatic carbocycles. The van der Waals surface area contributed by atoms with Crippen LogP contribution in [0.25, 0.3) is 21.5 Å². The maximum absolute atomic E-state index is 11.7. The van der Waals surface area contributed by atoms with E-state index < -0.39 is 0 Å². The van der Waals surface area contributed by atoms with Crippen LogP contribution in [0.3, 0.4) is 0 Å². The van der Waals surface area contributed by atoms with E-state index in [4.69, 9.17) is 0 Å². The second-order valence-electron chi connectivity index (χ2n) is 5.21. The van der Waals surface area contributed by atoms with Crippen LogP contribution >= 0.6 is 11.5 Å². The summed E-state index contributed by atoms with van der Waals surface area (Å²) >= 11 is 1.15. The minimum atomic E-state index is -0.251. The maximum Gasteiger partial charge on any atom is 0.286 e. The van der Waals surface area contributed by atoms with Gasteiger partial charge in [-0.3, -0.25) is 4.79 Å². The van der Waals surface area contributed by atoms with E-state index >= 15 is 0 Å². The lowest BCUT2D eigenvalue weighted by atomic mass is 10.0. The fourth-order valence-electron chi connectivity index (χ4n) is 2.50. The Kier molecular flexibility index (Phi) is 3.44. The van der Waals surface area contributed by atoms with Crippen LogP contribution in [0.4, 0.5) is 0 Å². The van der Waals surface area contributed by atoms with E-state index in [1.165, 1.54) is 11.1 Å². The Morgan fingerprint density at radius 1 is 0.957 bits per heavy atom. The monoisotopic (exact) mass is 320 g/mol. The van der Waals surface area contributed by atoms with Crippen LogP contribution in [0, 0.1) is 0 Å². The van der Waals surface area contributed by atoms with Gasteiger partial charge >= 0.3 is 0 Å². The summed E-state index contributed by atoms with van der Waals surface area (Å²) in [5.41, 5.74) is 4.44. The second kappa shape index (κ2) is 5.73. The molecule has 0 bridgehead atoms. The van der Waals surface area contributed by atoms with E-state index in [1.54, 1.807) is 0 Å². The standard InChI is InChI=1S/C17H12N4OS/c22-17-16-15(18-21-19-17)14(20-23-16)13-8-6-12(7-9-13)10-11-4-2-1-3-5-11/h1-9H,10H2,(H,18,19,22). The minimum Gasteiger partial charge on any atom is -0.266 e. The van der Waals surface area contributed by atoms with Crippen LogP contribution in [0.15, 0.2) is 59.4 Å². The molecule has 6 heteroatoms. The lowest BCUT2D eigenvalue weighted by molar-refractivity contribution is 0.875. The number of benzene rings is 2. The first kappa shape index (κ1) is 13.8. The third kappa shape index (κ3) is 2.64. The van der Waals surface area contributed by atoms with Crippen molar-refractivity contribution < 1.29 is 0 Å². The summed E-state index contributed by atoms with van der Waals surface area (Å²) in [6.45, 7) is 0. The molecular weight excluding hydrogens is 308 g/mol. The highest BCUT2D eigenvalue weighted by molar-refractivity contribution is 7.13. The van der Waals surface area contributed by atoms with Gasteiger partial charge in [0.15, 0.2) is 0 Å². The first-order valence-electron chi connectivity index (χ1n) is 7.15. The van der Waals surface area contributed by atoms with Gasteiger partial charge in [0.2, 0.25) is 0 Å². The van der Waals surface area contributed by atoms with Gasteiger partial charge in [-0.25, -0.2) is 5.10 Å². The third-order valence-corrected chi connectivity index (χ3v) is 4.49. The van der Waals surface area contributed by atoms with Crippen molar-refractivity contribution in [3.8, 4) is 11.3 Å². The molecule has 4 aromatic rings. The largest absolute Gasteiger partial charge is 0.286 e. The molecule has 0 aliphatic rings. The molecule has 0 radical (unpaired) electrons. The molecule has 0 unspecified atom stereocenters. The molecule has 0 fully saturated rings. The lowest BCUT2D eigenvalue weighted by Crippen LogP contribution is -2.07. The van der Waals surface area contributed by atoms with Crippen molar-refractivity contribution >= 4 is 21.7 Å². The molecule has 1 N–H and O–H groups in total. The molecule has 4 rings (SSSR count). The molecule has 0 saturated carbocycles. The highest BCUT2D eigenvalue weighted by Gasteiger charge is 2.12. The molecular formula is C17H12N4OS. The number of nitrogens with one attached hydrogen (secondary N) is 1. The summed E-state index contributed by atoms with van der Waals surface area (Å²) in [6, 6.07) is 18.5. The zero-order valence-electron chi connectivity index (χ0n) is 12.1. The molecule has 0 aliphatic heterocycles. The first-order chi connectivity index (χ1) is 11.3. The van der Waals surface area contributed by atoms with Crippen molar-refractivity contribution in [3.05, 3.63) is 76.1 Å². The topological polar surface area (TPSA) is 71.5 Å². The summed E-state index contributed by atoms with van der Waals surface area (Å²) in [5.74, 6) is 0. The Balaban J connectivity index is 1.67. The van der Waals surface area contributed by atoms with Crippen LogP contribution in [0.5, 0.6) is 0 Å². The Morgan fingerprint density at radius 2 is 1.70 bits per heavy atom. The molecule has 2 aromatic carbocycles. The summed E-state index contributed by atoms with van der Waals surface area (Å²) < 4.78 is 4.86. The summed E-state index contributed by atoms with van der Waals surface area (Å²) in [4.78, 5) is 11.7. The van der Waals surface area contributed by atoms with Crippen LogP contribution in [-0.2, 0) is 6.42 Å². The van der Waals surface area contributed by atoms with E-state index in [2.05, 4.69) is 44.0 Å². The molecule has 0 saturated heterocycles. The van der Waals surface area contributed by atoms with Crippen molar-refractivity contribution in [1.29, 1.82) is 0 Å². The Labute approximate surface area is 135 Å². The number of H-pyrrole nitrogens is 1. The first-order valence-corrected chi connectivity index (χ1v) is 7.92. The summed E-state index contributed by atoms with van der Waals surface area (Å²) in [7, 11) is 0. The van der Waals surface area contributed by atoms with Gasteiger partial charge in [0.25, 0.3) is 5.56 Å². The van der Waals surface area contributed by atoms with E-state index in [9.17, 15) is 4.79 Å². The quantitative estimate of drug-likeness (QED) is 0.630. The van der Waals surface area contributed by atoms with Crippen molar-refractivity contribution in [2.75, 3.05) is 0 Å². The van der Waals surface area contributed by atoms with Gasteiger partial charge in [-0.15, -0.1) is 5.10 Å². The third-order valence-electron chi connectivity index (χ3n) is 3.65. The predicted molar refractivity (Wildman–Crippen MR) is 90.5 cm³/mol. The Hall–Kier alpha value is -2.86. The predicted octanol–water partition coefficient (Wildman–Crippen LogP) is 3.03. The van der Waals surface area contributed by atoms with Crippen molar-refractivity contribution in [2.45, 2.75) is 6.42 Å². The van der Waals surface area contributed by atoms with Gasteiger partial charge in [-0.05, 0) is 29.1 Å². The van der Waals surface area contributed by atoms with E-state index in [0.29, 0.717) is 15.9 Å². The van der Waals surface area contributed by atoms with Gasteiger partial charge in [0, 0.05) is 5.56 Å². The summed E-state index contributed by atoms with van der Waals surface area (Å²) in [6.07, 6.45) is 0.887. The zero-order chi connectivity index (χ0) is 15.6. The molecule has 2 heterocycles. The highest BCUT2D eigenvalue weighted by Crippen LogP contribution is 2.27. The van der Waals surface area contributed by atoms with Crippen LogP contribution in [-0.4, -0.2) is 19.8 Å². The fraction of sp³-hybridized carbons (Fsp3) is 0.0588. The highest BCUT2D eigenvalue weighted by atomic mass is 32.1. The van der Waals surface area contributed by atoms with Gasteiger partial charge in [-0.2, -0.15) is 4.37 Å². The normalized spacial score (nSPS) is 11.0. The van der Waals surface area contributed by atoms with E-state index in [-0.39, 0.29) is 5.56 Å². The molecule has 112 valence electrons. The number of nitrogens with zero attached hydrogens (tertiary/aromatic N) is 3. The number of fused-ring (bicyclic) bond motifs is 1. The maximum atomic E-state index is 11.7. The lowest BCUT2D eigenvalue weighted by Gasteiger charge is -2.03. The molecule has 0 atom stereocenters. The zero-order valence-corrected chi connectivity index (χ0v) is 12.9. The average Bonchev–Trinajstić information content (AvgIpc) is 3.02. The summed E-state index contributed by atoms with van der Waals surface area (Å²) in [5, 5.41) is 9.96. The van der Waals surface area contributed by atoms with Gasteiger partial charge < -0.3 is 0 Å². The number of rotatable bonds is 3. The number of aromatic amines is 1. The van der Waals surface area contributed by atoms with Crippen molar-refractivity contribution in [1.82, 2.24) is 19.8 Å². The SMILES string of the molecule is O=c1[nH]nnc2c(-c3ccc(Cc4ccccc4)cc3)nsc12. The molecule has 5 nitrogen and oxygen atoms in total. The van der Waals surface area contributed by atoms with Crippen molar-refractivity contribution in [3.63, 3.8) is 0 Å². The Morgan fingerprint density at radius 3 is 2.48 bits per heavy atom. The second-order valence-corrected chi connectivity index (χ2v) is 5.98. The molecule has 0 amide bonds. The molecule has 0 spiro atoms.